The highest BCUT2D eigenvalue weighted by atomic mass is 19.1. The summed E-state index contributed by atoms with van der Waals surface area (Å²) in [5.74, 6) is 1.51. The van der Waals surface area contributed by atoms with Crippen LogP contribution in [0.15, 0.2) is 36.8 Å². The van der Waals surface area contributed by atoms with Crippen LogP contribution in [0.2, 0.25) is 0 Å². The molecule has 1 unspecified atom stereocenters. The van der Waals surface area contributed by atoms with Gasteiger partial charge in [0.25, 0.3) is 0 Å². The predicted octanol–water partition coefficient (Wildman–Crippen LogP) is 3.23. The van der Waals surface area contributed by atoms with Crippen molar-refractivity contribution in [3.05, 3.63) is 48.2 Å². The quantitative estimate of drug-likeness (QED) is 0.639. The Kier molecular flexibility index (Phi) is 6.01. The minimum Gasteiger partial charge on any atom is -0.460 e. The number of aromatic nitrogens is 3. The number of hydrogen-bond acceptors (Lipinski definition) is 6. The van der Waals surface area contributed by atoms with Gasteiger partial charge in [0.15, 0.2) is 11.6 Å². The summed E-state index contributed by atoms with van der Waals surface area (Å²) in [5.41, 5.74) is 0.896. The minimum absolute atomic E-state index is 0.0980. The Morgan fingerprint density at radius 2 is 2.06 bits per heavy atom. The van der Waals surface area contributed by atoms with E-state index in [-0.39, 0.29) is 18.0 Å². The van der Waals surface area contributed by atoms with Crippen molar-refractivity contribution in [3.63, 3.8) is 0 Å². The van der Waals surface area contributed by atoms with Crippen LogP contribution < -0.4 is 15.0 Å². The molecule has 3 atom stereocenters. The Labute approximate surface area is 187 Å². The van der Waals surface area contributed by atoms with Crippen LogP contribution in [-0.2, 0) is 4.79 Å². The molecule has 3 fully saturated rings. The summed E-state index contributed by atoms with van der Waals surface area (Å²) < 4.78 is 20.2. The smallest absolute Gasteiger partial charge is 0.318 e. The number of piperidine rings is 1. The van der Waals surface area contributed by atoms with Crippen molar-refractivity contribution in [1.82, 2.24) is 20.3 Å². The van der Waals surface area contributed by atoms with Gasteiger partial charge in [-0.3, -0.25) is 9.78 Å². The molecular weight excluding hydrogens is 409 g/mol. The van der Waals surface area contributed by atoms with E-state index in [1.165, 1.54) is 12.3 Å². The molecule has 0 bridgehead atoms. The summed E-state index contributed by atoms with van der Waals surface area (Å²) in [6.45, 7) is 2.23. The highest BCUT2D eigenvalue weighted by molar-refractivity contribution is 5.91. The van der Waals surface area contributed by atoms with Crippen molar-refractivity contribution in [2.24, 2.45) is 17.8 Å². The van der Waals surface area contributed by atoms with Crippen LogP contribution in [0.5, 0.6) is 6.01 Å². The maximum atomic E-state index is 14.4. The van der Waals surface area contributed by atoms with E-state index in [9.17, 15) is 9.18 Å². The van der Waals surface area contributed by atoms with Crippen LogP contribution in [0, 0.1) is 23.6 Å². The zero-order valence-electron chi connectivity index (χ0n) is 18.0. The molecule has 1 saturated heterocycles. The lowest BCUT2D eigenvalue weighted by atomic mass is 10.2. The first-order valence-corrected chi connectivity index (χ1v) is 11.5. The monoisotopic (exact) mass is 437 g/mol. The molecule has 1 amide bonds. The summed E-state index contributed by atoms with van der Waals surface area (Å²) in [7, 11) is 0. The molecule has 3 aliphatic rings. The SMILES string of the molecule is O=C(/C=C/c1cccnc1)NCCC1[C@H]2CN(c3nc(OC4CCCC4)ncc3F)C[C@@H]12. The van der Waals surface area contributed by atoms with Gasteiger partial charge in [0.05, 0.1) is 6.20 Å². The third-order valence-electron chi connectivity index (χ3n) is 6.84. The van der Waals surface area contributed by atoms with Gasteiger partial charge in [-0.05, 0) is 67.6 Å². The molecule has 0 radical (unpaired) electrons. The van der Waals surface area contributed by atoms with Gasteiger partial charge in [0, 0.05) is 38.1 Å². The van der Waals surface area contributed by atoms with Gasteiger partial charge in [-0.15, -0.1) is 0 Å². The first-order valence-electron chi connectivity index (χ1n) is 11.5. The van der Waals surface area contributed by atoms with Gasteiger partial charge in [-0.25, -0.2) is 9.37 Å². The molecular formula is C24H28FN5O2. The van der Waals surface area contributed by atoms with E-state index in [0.717, 1.165) is 50.8 Å². The molecule has 5 rings (SSSR count). The molecule has 1 N–H and O–H groups in total. The van der Waals surface area contributed by atoms with Crippen molar-refractivity contribution in [2.75, 3.05) is 24.5 Å². The number of pyridine rings is 1. The maximum Gasteiger partial charge on any atom is 0.318 e. The lowest BCUT2D eigenvalue weighted by molar-refractivity contribution is -0.116. The Hall–Kier alpha value is -3.03. The molecule has 168 valence electrons. The molecule has 32 heavy (non-hydrogen) atoms. The van der Waals surface area contributed by atoms with Crippen molar-refractivity contribution in [3.8, 4) is 6.01 Å². The van der Waals surface area contributed by atoms with Crippen molar-refractivity contribution >= 4 is 17.8 Å². The van der Waals surface area contributed by atoms with Gasteiger partial charge < -0.3 is 15.0 Å². The Bertz CT molecular complexity index is 968. The topological polar surface area (TPSA) is 80.2 Å². The lowest BCUT2D eigenvalue weighted by Gasteiger charge is -2.22. The fourth-order valence-electron chi connectivity index (χ4n) is 5.09. The molecule has 3 heterocycles. The van der Waals surface area contributed by atoms with Crippen LogP contribution in [0.1, 0.15) is 37.7 Å². The molecule has 8 heteroatoms. The number of nitrogens with zero attached hydrogens (tertiary/aromatic N) is 4. The van der Waals surface area contributed by atoms with Crippen LogP contribution in [0.25, 0.3) is 6.08 Å². The van der Waals surface area contributed by atoms with Crippen LogP contribution in [0.4, 0.5) is 10.2 Å². The number of fused-ring (bicyclic) bond motifs is 1. The molecule has 7 nitrogen and oxygen atoms in total. The number of rotatable bonds is 8. The number of halogens is 1. The summed E-state index contributed by atoms with van der Waals surface area (Å²) >= 11 is 0. The fraction of sp³-hybridized carbons (Fsp3) is 0.500. The number of amides is 1. The number of hydrogen-bond donors (Lipinski definition) is 1. The van der Waals surface area contributed by atoms with Crippen molar-refractivity contribution < 1.29 is 13.9 Å². The normalized spacial score (nSPS) is 24.7. The van der Waals surface area contributed by atoms with Crippen molar-refractivity contribution in [2.45, 2.75) is 38.2 Å². The van der Waals surface area contributed by atoms with Gasteiger partial charge in [-0.2, -0.15) is 4.98 Å². The minimum atomic E-state index is -0.394. The molecule has 1 aliphatic heterocycles. The van der Waals surface area contributed by atoms with E-state index in [4.69, 9.17) is 4.74 Å². The fourth-order valence-corrected chi connectivity index (χ4v) is 5.09. The number of carbonyl (C=O) groups excluding carboxylic acids is 1. The predicted molar refractivity (Wildman–Crippen MR) is 118 cm³/mol. The van der Waals surface area contributed by atoms with Gasteiger partial charge in [-0.1, -0.05) is 6.07 Å². The van der Waals surface area contributed by atoms with Gasteiger partial charge in [0.2, 0.25) is 5.91 Å². The second-order valence-corrected chi connectivity index (χ2v) is 8.94. The third-order valence-corrected chi connectivity index (χ3v) is 6.84. The van der Waals surface area contributed by atoms with E-state index in [0.29, 0.717) is 30.1 Å². The third kappa shape index (κ3) is 4.74. The van der Waals surface area contributed by atoms with E-state index in [1.807, 2.05) is 17.0 Å². The van der Waals surface area contributed by atoms with Gasteiger partial charge >= 0.3 is 6.01 Å². The number of nitrogens with one attached hydrogen (secondary N) is 1. The Morgan fingerprint density at radius 1 is 1.25 bits per heavy atom. The van der Waals surface area contributed by atoms with Crippen molar-refractivity contribution in [1.29, 1.82) is 0 Å². The lowest BCUT2D eigenvalue weighted by Crippen LogP contribution is -2.28. The molecule has 0 aromatic carbocycles. The largest absolute Gasteiger partial charge is 0.460 e. The number of anilines is 1. The van der Waals surface area contributed by atoms with Crippen LogP contribution >= 0.6 is 0 Å². The summed E-state index contributed by atoms with van der Waals surface area (Å²) in [6.07, 6.45) is 13.4. The average Bonchev–Trinajstić information content (AvgIpc) is 3.19. The standard InChI is InChI=1S/C24H28FN5O2/c25-21-13-28-24(32-17-5-1-2-6-17)29-23(21)30-14-19-18(20(19)15-30)9-11-27-22(31)8-7-16-4-3-10-26-12-16/h3-4,7-8,10,12-13,17-20H,1-2,5-6,9,11,14-15H2,(H,27,31)/b8-7+/t18?,19-,20+. The maximum absolute atomic E-state index is 14.4. The second-order valence-electron chi connectivity index (χ2n) is 8.94. The molecule has 2 aromatic heterocycles. The highest BCUT2D eigenvalue weighted by Gasteiger charge is 2.55. The average molecular weight is 438 g/mol. The van der Waals surface area contributed by atoms with E-state index in [1.54, 1.807) is 18.5 Å². The summed E-state index contributed by atoms with van der Waals surface area (Å²) in [5, 5.41) is 2.95. The molecule has 2 aromatic rings. The van der Waals surface area contributed by atoms with Crippen LogP contribution in [0.3, 0.4) is 0 Å². The zero-order valence-corrected chi connectivity index (χ0v) is 18.0. The first-order chi connectivity index (χ1) is 15.7. The molecule has 2 aliphatic carbocycles. The Morgan fingerprint density at radius 3 is 2.81 bits per heavy atom. The Balaban J connectivity index is 1.07. The van der Waals surface area contributed by atoms with E-state index < -0.39 is 5.82 Å². The summed E-state index contributed by atoms with van der Waals surface area (Å²) in [6, 6.07) is 4.02. The van der Waals surface area contributed by atoms with Gasteiger partial charge in [0.1, 0.15) is 6.10 Å². The highest BCUT2D eigenvalue weighted by Crippen LogP contribution is 2.54. The van der Waals surface area contributed by atoms with E-state index in [2.05, 4.69) is 20.3 Å². The first kappa shape index (κ1) is 20.8. The number of carbonyl (C=O) groups is 1. The molecule has 0 spiro atoms. The van der Waals surface area contributed by atoms with E-state index >= 15 is 0 Å². The second kappa shape index (κ2) is 9.22. The molecule has 2 saturated carbocycles. The zero-order chi connectivity index (χ0) is 21.9. The van der Waals surface area contributed by atoms with Crippen LogP contribution in [-0.4, -0.2) is 46.6 Å². The summed E-state index contributed by atoms with van der Waals surface area (Å²) in [4.78, 5) is 26.4. The number of ether oxygens (including phenoxy) is 1.